The molecule has 1 aromatic heterocycles. The largest absolute Gasteiger partial charge is 0.484 e. The Morgan fingerprint density at radius 3 is 2.50 bits per heavy atom. The maximum absolute atomic E-state index is 11.9. The van der Waals surface area contributed by atoms with Crippen LogP contribution in [0.25, 0.3) is 0 Å². The van der Waals surface area contributed by atoms with Crippen molar-refractivity contribution in [3.8, 4) is 17.4 Å². The summed E-state index contributed by atoms with van der Waals surface area (Å²) in [7, 11) is 0. The van der Waals surface area contributed by atoms with Gasteiger partial charge in [0.25, 0.3) is 5.91 Å². The van der Waals surface area contributed by atoms with Crippen LogP contribution < -0.4 is 26.1 Å². The summed E-state index contributed by atoms with van der Waals surface area (Å²) in [5.74, 6) is 1.23. The van der Waals surface area contributed by atoms with E-state index in [0.717, 1.165) is 6.42 Å². The van der Waals surface area contributed by atoms with Crippen molar-refractivity contribution in [2.24, 2.45) is 0 Å². The standard InChI is InChI=1S/C20H21N5O3/c1-2-14-8-10-16(11-9-14)28-20-18(21)19(22-13-23-20)25-24-17(26)12-27-15-6-4-3-5-7-15/h3-11,13H,2,12,21H2,1H3,(H,24,26)(H,22,23,25). The van der Waals surface area contributed by atoms with Gasteiger partial charge in [0.15, 0.2) is 12.4 Å². The fraction of sp³-hybridized carbons (Fsp3) is 0.150. The van der Waals surface area contributed by atoms with Gasteiger partial charge in [-0.2, -0.15) is 4.98 Å². The quantitative estimate of drug-likeness (QED) is 0.516. The maximum atomic E-state index is 11.9. The number of carbonyl (C=O) groups excluding carboxylic acids is 1. The van der Waals surface area contributed by atoms with Gasteiger partial charge in [0, 0.05) is 0 Å². The number of hydrazine groups is 1. The normalized spacial score (nSPS) is 10.2. The van der Waals surface area contributed by atoms with Gasteiger partial charge in [0.1, 0.15) is 23.5 Å². The lowest BCUT2D eigenvalue weighted by Crippen LogP contribution is -2.34. The highest BCUT2D eigenvalue weighted by atomic mass is 16.5. The number of carbonyl (C=O) groups is 1. The van der Waals surface area contributed by atoms with E-state index in [-0.39, 0.29) is 29.9 Å². The number of nitrogen functional groups attached to an aromatic ring is 1. The number of hydrogen-bond acceptors (Lipinski definition) is 7. The van der Waals surface area contributed by atoms with Crippen LogP contribution in [0.1, 0.15) is 12.5 Å². The molecule has 3 rings (SSSR count). The summed E-state index contributed by atoms with van der Waals surface area (Å²) >= 11 is 0. The third-order valence-electron chi connectivity index (χ3n) is 3.83. The molecule has 1 amide bonds. The van der Waals surface area contributed by atoms with Crippen molar-refractivity contribution >= 4 is 17.4 Å². The van der Waals surface area contributed by atoms with Crippen LogP contribution in [0.5, 0.6) is 17.4 Å². The van der Waals surface area contributed by atoms with Gasteiger partial charge in [-0.15, -0.1) is 0 Å². The Morgan fingerprint density at radius 1 is 1.04 bits per heavy atom. The summed E-state index contributed by atoms with van der Waals surface area (Å²) in [4.78, 5) is 20.0. The van der Waals surface area contributed by atoms with Crippen molar-refractivity contribution in [1.29, 1.82) is 0 Å². The zero-order valence-corrected chi connectivity index (χ0v) is 15.4. The second-order valence-electron chi connectivity index (χ2n) is 5.82. The number of nitrogens with one attached hydrogen (secondary N) is 2. The maximum Gasteiger partial charge on any atom is 0.276 e. The van der Waals surface area contributed by atoms with E-state index in [9.17, 15) is 4.79 Å². The summed E-state index contributed by atoms with van der Waals surface area (Å²) in [6, 6.07) is 16.7. The molecular weight excluding hydrogens is 358 g/mol. The Labute approximate surface area is 162 Å². The van der Waals surface area contributed by atoms with Crippen molar-refractivity contribution in [2.75, 3.05) is 17.8 Å². The van der Waals surface area contributed by atoms with Crippen LogP contribution in [0.15, 0.2) is 60.9 Å². The molecule has 0 saturated heterocycles. The lowest BCUT2D eigenvalue weighted by atomic mass is 10.2. The number of ether oxygens (including phenoxy) is 2. The molecule has 28 heavy (non-hydrogen) atoms. The average molecular weight is 379 g/mol. The Balaban J connectivity index is 1.56. The lowest BCUT2D eigenvalue weighted by molar-refractivity contribution is -0.122. The summed E-state index contributed by atoms with van der Waals surface area (Å²) in [5, 5.41) is 0. The SMILES string of the molecule is CCc1ccc(Oc2ncnc(NNC(=O)COc3ccccc3)c2N)cc1. The Morgan fingerprint density at radius 2 is 1.79 bits per heavy atom. The molecule has 0 unspecified atom stereocenters. The van der Waals surface area contributed by atoms with E-state index in [1.165, 1.54) is 11.9 Å². The zero-order chi connectivity index (χ0) is 19.8. The molecule has 3 aromatic rings. The fourth-order valence-electron chi connectivity index (χ4n) is 2.30. The molecule has 1 heterocycles. The Bertz CT molecular complexity index is 917. The average Bonchev–Trinajstić information content (AvgIpc) is 2.74. The van der Waals surface area contributed by atoms with E-state index >= 15 is 0 Å². The van der Waals surface area contributed by atoms with Gasteiger partial charge >= 0.3 is 0 Å². The molecule has 0 spiro atoms. The van der Waals surface area contributed by atoms with Crippen LogP contribution in [0.2, 0.25) is 0 Å². The van der Waals surface area contributed by atoms with Crippen LogP contribution in [-0.2, 0) is 11.2 Å². The van der Waals surface area contributed by atoms with Gasteiger partial charge in [0.2, 0.25) is 5.88 Å². The van der Waals surface area contributed by atoms with E-state index in [1.54, 1.807) is 12.1 Å². The van der Waals surface area contributed by atoms with Crippen LogP contribution in [0.3, 0.4) is 0 Å². The highest BCUT2D eigenvalue weighted by Crippen LogP contribution is 2.28. The summed E-state index contributed by atoms with van der Waals surface area (Å²) < 4.78 is 11.1. The van der Waals surface area contributed by atoms with Crippen LogP contribution in [-0.4, -0.2) is 22.5 Å². The molecule has 0 bridgehead atoms. The zero-order valence-electron chi connectivity index (χ0n) is 15.4. The minimum absolute atomic E-state index is 0.158. The first-order valence-corrected chi connectivity index (χ1v) is 8.75. The van der Waals surface area contributed by atoms with Crippen molar-refractivity contribution in [3.05, 3.63) is 66.5 Å². The number of rotatable bonds is 8. The number of hydrogen-bond donors (Lipinski definition) is 3. The first-order valence-electron chi connectivity index (χ1n) is 8.75. The van der Waals surface area contributed by atoms with Crippen molar-refractivity contribution < 1.29 is 14.3 Å². The second-order valence-corrected chi connectivity index (χ2v) is 5.82. The molecule has 0 aliphatic rings. The number of aromatic nitrogens is 2. The van der Waals surface area contributed by atoms with Crippen LogP contribution in [0.4, 0.5) is 11.5 Å². The third kappa shape index (κ3) is 5.10. The minimum atomic E-state index is -0.389. The van der Waals surface area contributed by atoms with E-state index in [0.29, 0.717) is 11.5 Å². The number of nitrogens with two attached hydrogens (primary N) is 1. The van der Waals surface area contributed by atoms with Gasteiger partial charge in [-0.25, -0.2) is 4.98 Å². The number of benzene rings is 2. The van der Waals surface area contributed by atoms with Crippen LogP contribution in [0, 0.1) is 0 Å². The molecule has 8 nitrogen and oxygen atoms in total. The number of anilines is 2. The molecule has 0 saturated carbocycles. The van der Waals surface area contributed by atoms with Crippen LogP contribution >= 0.6 is 0 Å². The monoisotopic (exact) mass is 379 g/mol. The van der Waals surface area contributed by atoms with E-state index in [1.807, 2.05) is 42.5 Å². The molecule has 0 radical (unpaired) electrons. The second kappa shape index (κ2) is 9.22. The first-order chi connectivity index (χ1) is 13.7. The predicted molar refractivity (Wildman–Crippen MR) is 106 cm³/mol. The van der Waals surface area contributed by atoms with Crippen molar-refractivity contribution in [2.45, 2.75) is 13.3 Å². The summed E-state index contributed by atoms with van der Waals surface area (Å²) in [6.45, 7) is 1.92. The number of aryl methyl sites for hydroxylation is 1. The highest BCUT2D eigenvalue weighted by molar-refractivity contribution is 5.80. The van der Waals surface area contributed by atoms with Gasteiger partial charge in [-0.1, -0.05) is 37.3 Å². The molecule has 0 atom stereocenters. The highest BCUT2D eigenvalue weighted by Gasteiger charge is 2.11. The summed E-state index contributed by atoms with van der Waals surface area (Å²) in [6.07, 6.45) is 2.23. The summed E-state index contributed by atoms with van der Waals surface area (Å²) in [5.41, 5.74) is 12.5. The Kier molecular flexibility index (Phi) is 6.25. The van der Waals surface area contributed by atoms with E-state index in [4.69, 9.17) is 15.2 Å². The fourth-order valence-corrected chi connectivity index (χ4v) is 2.30. The predicted octanol–water partition coefficient (Wildman–Crippen LogP) is 2.94. The number of amides is 1. The molecule has 2 aromatic carbocycles. The number of nitrogens with zero attached hydrogens (tertiary/aromatic N) is 2. The molecule has 8 heteroatoms. The van der Waals surface area contributed by atoms with Gasteiger partial charge in [-0.3, -0.25) is 15.6 Å². The minimum Gasteiger partial charge on any atom is -0.484 e. The molecule has 0 aliphatic carbocycles. The van der Waals surface area contributed by atoms with Gasteiger partial charge in [-0.05, 0) is 36.2 Å². The van der Waals surface area contributed by atoms with Gasteiger partial charge in [0.05, 0.1) is 0 Å². The molecule has 4 N–H and O–H groups in total. The Hall–Kier alpha value is -3.81. The molecule has 144 valence electrons. The number of para-hydroxylation sites is 1. The van der Waals surface area contributed by atoms with Crippen molar-refractivity contribution in [3.63, 3.8) is 0 Å². The lowest BCUT2D eigenvalue weighted by Gasteiger charge is -2.13. The van der Waals surface area contributed by atoms with Gasteiger partial charge < -0.3 is 15.2 Å². The van der Waals surface area contributed by atoms with E-state index < -0.39 is 0 Å². The third-order valence-corrected chi connectivity index (χ3v) is 3.83. The first kappa shape index (κ1) is 19.0. The molecular formula is C20H21N5O3. The topological polar surface area (TPSA) is 111 Å². The van der Waals surface area contributed by atoms with Crippen molar-refractivity contribution in [1.82, 2.24) is 15.4 Å². The van der Waals surface area contributed by atoms with E-state index in [2.05, 4.69) is 27.7 Å². The molecule has 0 fully saturated rings. The molecule has 0 aliphatic heterocycles. The smallest absolute Gasteiger partial charge is 0.276 e.